The van der Waals surface area contributed by atoms with E-state index >= 15 is 0 Å². The number of aliphatic carboxylic acids is 1. The van der Waals surface area contributed by atoms with E-state index in [0.29, 0.717) is 12.1 Å². The van der Waals surface area contributed by atoms with Gasteiger partial charge in [0, 0.05) is 12.7 Å². The van der Waals surface area contributed by atoms with Crippen LogP contribution in [0.5, 0.6) is 0 Å². The molecule has 5 heteroatoms. The van der Waals surface area contributed by atoms with Crippen LogP contribution in [-0.2, 0) is 11.2 Å². The summed E-state index contributed by atoms with van der Waals surface area (Å²) in [6.07, 6.45) is 1.92. The smallest absolute Gasteiger partial charge is 0.308 e. The second-order valence-electron chi connectivity index (χ2n) is 5.61. The van der Waals surface area contributed by atoms with E-state index in [1.807, 2.05) is 31.2 Å². The van der Waals surface area contributed by atoms with E-state index in [1.165, 1.54) is 0 Å². The molecule has 0 fully saturated rings. The highest BCUT2D eigenvalue weighted by atomic mass is 16.4. The summed E-state index contributed by atoms with van der Waals surface area (Å²) in [5, 5.41) is 12.0. The molecule has 2 N–H and O–H groups in total. The van der Waals surface area contributed by atoms with Gasteiger partial charge < -0.3 is 10.4 Å². The molecule has 0 radical (unpaired) electrons. The van der Waals surface area contributed by atoms with E-state index in [2.05, 4.69) is 10.3 Å². The Kier molecular flexibility index (Phi) is 5.46. The van der Waals surface area contributed by atoms with Gasteiger partial charge in [-0.2, -0.15) is 0 Å². The Morgan fingerprint density at radius 2 is 2.00 bits per heavy atom. The maximum Gasteiger partial charge on any atom is 0.308 e. The Bertz CT molecular complexity index is 713. The molecule has 0 spiro atoms. The number of nitrogens with one attached hydrogen (secondary N) is 1. The van der Waals surface area contributed by atoms with Crippen molar-refractivity contribution in [3.05, 3.63) is 65.0 Å². The molecule has 1 aromatic heterocycles. The van der Waals surface area contributed by atoms with E-state index in [0.717, 1.165) is 16.7 Å². The monoisotopic (exact) mass is 312 g/mol. The number of carbonyl (C=O) groups excluding carboxylic acids is 1. The minimum Gasteiger partial charge on any atom is -0.481 e. The minimum atomic E-state index is -0.926. The van der Waals surface area contributed by atoms with Crippen LogP contribution in [0.25, 0.3) is 0 Å². The molecular formula is C18H20N2O3. The zero-order valence-electron chi connectivity index (χ0n) is 13.2. The summed E-state index contributed by atoms with van der Waals surface area (Å²) >= 11 is 0. The number of hydrogen-bond donors (Lipinski definition) is 2. The number of rotatable bonds is 6. The molecule has 1 heterocycles. The molecule has 2 aromatic rings. The highest BCUT2D eigenvalue weighted by Crippen LogP contribution is 2.11. The van der Waals surface area contributed by atoms with E-state index in [-0.39, 0.29) is 12.5 Å². The van der Waals surface area contributed by atoms with Gasteiger partial charge in [0.25, 0.3) is 5.91 Å². The normalized spacial score (nSPS) is 11.7. The number of carboxylic acid groups (broad SMARTS) is 1. The molecule has 0 aliphatic rings. The van der Waals surface area contributed by atoms with Crippen LogP contribution in [0.3, 0.4) is 0 Å². The summed E-state index contributed by atoms with van der Waals surface area (Å²) < 4.78 is 0. The number of carboxylic acids is 1. The van der Waals surface area contributed by atoms with E-state index in [4.69, 9.17) is 0 Å². The molecule has 5 nitrogen and oxygen atoms in total. The average Bonchev–Trinajstić information content (AvgIpc) is 2.51. The topological polar surface area (TPSA) is 79.3 Å². The molecule has 1 unspecified atom stereocenters. The van der Waals surface area contributed by atoms with Gasteiger partial charge in [0.2, 0.25) is 0 Å². The van der Waals surface area contributed by atoms with Crippen molar-refractivity contribution < 1.29 is 14.7 Å². The molecule has 2 rings (SSSR count). The lowest BCUT2D eigenvalue weighted by molar-refractivity contribution is -0.141. The number of nitrogens with zero attached hydrogens (tertiary/aromatic N) is 1. The maximum atomic E-state index is 12.1. The fourth-order valence-corrected chi connectivity index (χ4v) is 2.39. The summed E-state index contributed by atoms with van der Waals surface area (Å²) in [4.78, 5) is 27.6. The van der Waals surface area contributed by atoms with Gasteiger partial charge in [-0.25, -0.2) is 0 Å². The van der Waals surface area contributed by atoms with Crippen molar-refractivity contribution in [1.29, 1.82) is 0 Å². The molecule has 0 saturated heterocycles. The standard InChI is InChI=1S/C18H20N2O3/c1-12-5-3-7-14(9-12)10-15(18(22)23)11-20-17(21)16-13(2)6-4-8-19-16/h3-9,15H,10-11H2,1-2H3,(H,20,21)(H,22,23). The van der Waals surface area contributed by atoms with Crippen molar-refractivity contribution in [1.82, 2.24) is 10.3 Å². The Hall–Kier alpha value is -2.69. The minimum absolute atomic E-state index is 0.0676. The second-order valence-corrected chi connectivity index (χ2v) is 5.61. The largest absolute Gasteiger partial charge is 0.481 e. The lowest BCUT2D eigenvalue weighted by atomic mass is 9.98. The van der Waals surface area contributed by atoms with Crippen LogP contribution in [0.4, 0.5) is 0 Å². The van der Waals surface area contributed by atoms with Gasteiger partial charge in [-0.1, -0.05) is 35.9 Å². The first kappa shape index (κ1) is 16.7. The highest BCUT2D eigenvalue weighted by Gasteiger charge is 2.20. The van der Waals surface area contributed by atoms with Gasteiger partial charge in [0.15, 0.2) is 0 Å². The van der Waals surface area contributed by atoms with E-state index in [9.17, 15) is 14.7 Å². The van der Waals surface area contributed by atoms with Crippen LogP contribution in [0.1, 0.15) is 27.2 Å². The van der Waals surface area contributed by atoms with Crippen molar-refractivity contribution in [3.63, 3.8) is 0 Å². The number of aryl methyl sites for hydroxylation is 2. The molecule has 1 aromatic carbocycles. The maximum absolute atomic E-state index is 12.1. The molecule has 0 aliphatic carbocycles. The van der Waals surface area contributed by atoms with Crippen LogP contribution >= 0.6 is 0 Å². The zero-order chi connectivity index (χ0) is 16.8. The third kappa shape index (κ3) is 4.64. The number of hydrogen-bond acceptors (Lipinski definition) is 3. The number of aromatic nitrogens is 1. The van der Waals surface area contributed by atoms with Gasteiger partial charge in [-0.3, -0.25) is 14.6 Å². The predicted octanol–water partition coefficient (Wildman–Crippen LogP) is 2.37. The average molecular weight is 312 g/mol. The van der Waals surface area contributed by atoms with Crippen LogP contribution in [0, 0.1) is 19.8 Å². The van der Waals surface area contributed by atoms with Gasteiger partial charge in [0.05, 0.1) is 5.92 Å². The van der Waals surface area contributed by atoms with Crippen LogP contribution in [-0.4, -0.2) is 28.5 Å². The molecule has 0 aliphatic heterocycles. The molecular weight excluding hydrogens is 292 g/mol. The van der Waals surface area contributed by atoms with Gasteiger partial charge in [-0.15, -0.1) is 0 Å². The summed E-state index contributed by atoms with van der Waals surface area (Å²) in [7, 11) is 0. The first-order chi connectivity index (χ1) is 11.0. The van der Waals surface area contributed by atoms with Gasteiger partial charge in [0.1, 0.15) is 5.69 Å². The Balaban J connectivity index is 2.01. The summed E-state index contributed by atoms with van der Waals surface area (Å²) in [5.74, 6) is -1.95. The molecule has 120 valence electrons. The quantitative estimate of drug-likeness (QED) is 0.858. The third-order valence-electron chi connectivity index (χ3n) is 3.65. The predicted molar refractivity (Wildman–Crippen MR) is 87.3 cm³/mol. The summed E-state index contributed by atoms with van der Waals surface area (Å²) in [6, 6.07) is 11.3. The van der Waals surface area contributed by atoms with Crippen molar-refractivity contribution >= 4 is 11.9 Å². The summed E-state index contributed by atoms with van der Waals surface area (Å²) in [6.45, 7) is 3.83. The first-order valence-corrected chi connectivity index (χ1v) is 7.45. The molecule has 0 bridgehead atoms. The van der Waals surface area contributed by atoms with Gasteiger partial charge >= 0.3 is 5.97 Å². The fourth-order valence-electron chi connectivity index (χ4n) is 2.39. The molecule has 0 saturated carbocycles. The van der Waals surface area contributed by atoms with Crippen molar-refractivity contribution in [2.24, 2.45) is 5.92 Å². The highest BCUT2D eigenvalue weighted by molar-refractivity contribution is 5.93. The van der Waals surface area contributed by atoms with Crippen molar-refractivity contribution in [3.8, 4) is 0 Å². The van der Waals surface area contributed by atoms with E-state index in [1.54, 1.807) is 25.3 Å². The SMILES string of the molecule is Cc1cccc(CC(CNC(=O)c2ncccc2C)C(=O)O)c1. The van der Waals surface area contributed by atoms with Crippen LogP contribution < -0.4 is 5.32 Å². The lowest BCUT2D eigenvalue weighted by Crippen LogP contribution is -2.34. The Labute approximate surface area is 135 Å². The van der Waals surface area contributed by atoms with E-state index < -0.39 is 11.9 Å². The number of amides is 1. The molecule has 1 atom stereocenters. The molecule has 23 heavy (non-hydrogen) atoms. The van der Waals surface area contributed by atoms with Crippen LogP contribution in [0.15, 0.2) is 42.6 Å². The van der Waals surface area contributed by atoms with Crippen molar-refractivity contribution in [2.45, 2.75) is 20.3 Å². The lowest BCUT2D eigenvalue weighted by Gasteiger charge is -2.14. The Morgan fingerprint density at radius 1 is 1.22 bits per heavy atom. The van der Waals surface area contributed by atoms with Crippen molar-refractivity contribution in [2.75, 3.05) is 6.54 Å². The molecule has 1 amide bonds. The third-order valence-corrected chi connectivity index (χ3v) is 3.65. The summed E-state index contributed by atoms with van der Waals surface area (Å²) in [5.41, 5.74) is 3.11. The van der Waals surface area contributed by atoms with Crippen LogP contribution in [0.2, 0.25) is 0 Å². The zero-order valence-corrected chi connectivity index (χ0v) is 13.2. The first-order valence-electron chi connectivity index (χ1n) is 7.45. The second kappa shape index (κ2) is 7.54. The number of benzene rings is 1. The number of carbonyl (C=O) groups is 2. The fraction of sp³-hybridized carbons (Fsp3) is 0.278. The number of pyridine rings is 1. The van der Waals surface area contributed by atoms with Gasteiger partial charge in [-0.05, 0) is 37.5 Å². The Morgan fingerprint density at radius 3 is 2.65 bits per heavy atom.